The zero-order valence-electron chi connectivity index (χ0n) is 11.7. The molecule has 0 bridgehead atoms. The van der Waals surface area contributed by atoms with Crippen LogP contribution in [0.2, 0.25) is 0 Å². The predicted octanol–water partition coefficient (Wildman–Crippen LogP) is 3.19. The lowest BCUT2D eigenvalue weighted by molar-refractivity contribution is 0.107. The molecule has 1 amide bonds. The molecule has 118 valence electrons. The number of hydrogen-bond donors (Lipinski definition) is 2. The summed E-state index contributed by atoms with van der Waals surface area (Å²) in [5.74, 6) is 0.239. The zero-order chi connectivity index (χ0) is 15.9. The molecule has 3 atom stereocenters. The second-order valence-electron chi connectivity index (χ2n) is 5.33. The van der Waals surface area contributed by atoms with E-state index in [0.717, 1.165) is 4.47 Å². The van der Waals surface area contributed by atoms with Gasteiger partial charge in [-0.1, -0.05) is 27.7 Å². The number of thioether (sulfide) groups is 1. The van der Waals surface area contributed by atoms with Crippen molar-refractivity contribution in [1.82, 2.24) is 5.32 Å². The number of benzene rings is 1. The van der Waals surface area contributed by atoms with Crippen LogP contribution >= 0.6 is 27.7 Å². The van der Waals surface area contributed by atoms with E-state index in [0.29, 0.717) is 11.3 Å². The first-order chi connectivity index (χ1) is 10.4. The molecule has 5 nitrogen and oxygen atoms in total. The fourth-order valence-electron chi connectivity index (χ4n) is 2.96. The molecule has 22 heavy (non-hydrogen) atoms. The first-order valence-corrected chi connectivity index (χ1v) is 8.50. The van der Waals surface area contributed by atoms with Crippen LogP contribution < -0.4 is 5.32 Å². The second-order valence-corrected chi connectivity index (χ2v) is 7.25. The number of rotatable bonds is 1. The Hall–Kier alpha value is -1.12. The number of hydrogen-bond acceptors (Lipinski definition) is 4. The third kappa shape index (κ3) is 2.63. The molecule has 0 unspecified atom stereocenters. The fraction of sp³-hybridized carbons (Fsp3) is 0.429. The number of carbonyl (C=O) groups is 1. The van der Waals surface area contributed by atoms with Crippen LogP contribution in [0.4, 0.5) is 9.18 Å². The normalized spacial score (nSPS) is 30.6. The minimum Gasteiger partial charge on any atom is -0.465 e. The summed E-state index contributed by atoms with van der Waals surface area (Å²) >= 11 is 4.68. The number of amidine groups is 1. The van der Waals surface area contributed by atoms with E-state index in [4.69, 9.17) is 9.84 Å². The lowest BCUT2D eigenvalue weighted by Gasteiger charge is -2.36. The van der Waals surface area contributed by atoms with Crippen LogP contribution in [-0.2, 0) is 10.3 Å². The van der Waals surface area contributed by atoms with Crippen molar-refractivity contribution < 1.29 is 19.0 Å². The van der Waals surface area contributed by atoms with Crippen LogP contribution in [0, 0.1) is 11.7 Å². The Kier molecular flexibility index (Phi) is 4.17. The molecule has 2 aliphatic rings. The van der Waals surface area contributed by atoms with Gasteiger partial charge < -0.3 is 9.84 Å². The van der Waals surface area contributed by atoms with Crippen LogP contribution in [0.5, 0.6) is 0 Å². The van der Waals surface area contributed by atoms with E-state index in [1.165, 1.54) is 17.8 Å². The molecule has 1 aromatic carbocycles. The highest BCUT2D eigenvalue weighted by atomic mass is 79.9. The number of fused-ring (bicyclic) bond motifs is 1. The summed E-state index contributed by atoms with van der Waals surface area (Å²) in [5, 5.41) is 11.4. The van der Waals surface area contributed by atoms with Gasteiger partial charge >= 0.3 is 6.09 Å². The molecule has 0 aromatic heterocycles. The first kappa shape index (κ1) is 15.8. The number of nitrogens with one attached hydrogen (secondary N) is 1. The van der Waals surface area contributed by atoms with Gasteiger partial charge in [-0.05, 0) is 25.1 Å². The summed E-state index contributed by atoms with van der Waals surface area (Å²) in [7, 11) is 0. The van der Waals surface area contributed by atoms with Gasteiger partial charge in [0.05, 0.1) is 12.7 Å². The van der Waals surface area contributed by atoms with Gasteiger partial charge in [-0.2, -0.15) is 0 Å². The van der Waals surface area contributed by atoms with Crippen LogP contribution in [0.15, 0.2) is 27.7 Å². The minimum absolute atomic E-state index is 0.0133. The lowest BCUT2D eigenvalue weighted by atomic mass is 9.79. The first-order valence-electron chi connectivity index (χ1n) is 6.72. The molecule has 1 aromatic rings. The molecule has 0 radical (unpaired) electrons. The molecule has 3 rings (SSSR count). The number of ether oxygens (including phenoxy) is 1. The average molecular weight is 389 g/mol. The van der Waals surface area contributed by atoms with E-state index in [2.05, 4.69) is 26.2 Å². The van der Waals surface area contributed by atoms with Crippen molar-refractivity contribution in [3.05, 3.63) is 34.1 Å². The van der Waals surface area contributed by atoms with E-state index in [1.807, 2.05) is 6.92 Å². The Morgan fingerprint density at radius 1 is 1.64 bits per heavy atom. The molecule has 0 saturated carbocycles. The fourth-order valence-corrected chi connectivity index (χ4v) is 4.60. The molecular formula is C14H14BrFN2O3S. The van der Waals surface area contributed by atoms with Crippen molar-refractivity contribution in [3.8, 4) is 0 Å². The Bertz CT molecular complexity index is 657. The standard InChI is InChI=1S/C14H14BrFN2O3S/c1-7-10-5-22-12(17-13(19)20)18-14(10,6-21-7)9-4-8(15)2-3-11(9)16/h2-4,7,10H,5-6H2,1H3,(H,17,18)(H,19,20)/t7-,10-,14-/m1/s1. The number of halogens is 2. The Morgan fingerprint density at radius 3 is 3.14 bits per heavy atom. The minimum atomic E-state index is -1.18. The Balaban J connectivity index is 2.12. The largest absolute Gasteiger partial charge is 0.465 e. The topological polar surface area (TPSA) is 70.9 Å². The van der Waals surface area contributed by atoms with E-state index in [1.54, 1.807) is 12.1 Å². The van der Waals surface area contributed by atoms with Crippen molar-refractivity contribution >= 4 is 39.0 Å². The maximum absolute atomic E-state index is 14.4. The van der Waals surface area contributed by atoms with Gasteiger partial charge in [-0.15, -0.1) is 0 Å². The molecule has 1 saturated heterocycles. The molecule has 8 heteroatoms. The second kappa shape index (κ2) is 5.82. The van der Waals surface area contributed by atoms with Crippen molar-refractivity contribution in [1.29, 1.82) is 0 Å². The SMILES string of the molecule is C[C@H]1OC[C@]2(c3cc(Br)ccc3F)N=C(NC(=O)O)SC[C@H]12. The van der Waals surface area contributed by atoms with Crippen LogP contribution in [0.3, 0.4) is 0 Å². The van der Waals surface area contributed by atoms with Gasteiger partial charge in [0.1, 0.15) is 11.4 Å². The third-order valence-electron chi connectivity index (χ3n) is 4.06. The molecule has 2 aliphatic heterocycles. The Morgan fingerprint density at radius 2 is 2.41 bits per heavy atom. The highest BCUT2D eigenvalue weighted by Crippen LogP contribution is 2.48. The summed E-state index contributed by atoms with van der Waals surface area (Å²) in [5.41, 5.74) is -0.461. The quantitative estimate of drug-likeness (QED) is 0.774. The maximum atomic E-state index is 14.4. The summed E-state index contributed by atoms with van der Waals surface area (Å²) in [6.45, 7) is 2.17. The number of aliphatic imine (C=N–C) groups is 1. The van der Waals surface area contributed by atoms with Crippen LogP contribution in [-0.4, -0.2) is 34.8 Å². The summed E-state index contributed by atoms with van der Waals surface area (Å²) in [6.07, 6.45) is -1.25. The lowest BCUT2D eigenvalue weighted by Crippen LogP contribution is -2.43. The van der Waals surface area contributed by atoms with Gasteiger partial charge in [0.25, 0.3) is 0 Å². The van der Waals surface area contributed by atoms with E-state index in [-0.39, 0.29) is 29.6 Å². The van der Waals surface area contributed by atoms with Crippen molar-refractivity contribution in [2.24, 2.45) is 10.9 Å². The van der Waals surface area contributed by atoms with Crippen LogP contribution in [0.25, 0.3) is 0 Å². The summed E-state index contributed by atoms with van der Waals surface area (Å²) in [4.78, 5) is 15.4. The number of carboxylic acid groups (broad SMARTS) is 1. The smallest absolute Gasteiger partial charge is 0.410 e. The Labute approximate surface area is 139 Å². The number of amides is 1. The average Bonchev–Trinajstić information content (AvgIpc) is 2.79. The molecule has 0 spiro atoms. The van der Waals surface area contributed by atoms with Gasteiger partial charge in [-0.25, -0.2) is 14.2 Å². The zero-order valence-corrected chi connectivity index (χ0v) is 14.1. The van der Waals surface area contributed by atoms with Crippen LogP contribution in [0.1, 0.15) is 12.5 Å². The molecular weight excluding hydrogens is 375 g/mol. The van der Waals surface area contributed by atoms with Gasteiger partial charge in [0, 0.05) is 21.7 Å². The van der Waals surface area contributed by atoms with Gasteiger partial charge in [0.15, 0.2) is 5.17 Å². The summed E-state index contributed by atoms with van der Waals surface area (Å²) in [6, 6.07) is 4.71. The van der Waals surface area contributed by atoms with Crippen molar-refractivity contribution in [3.63, 3.8) is 0 Å². The van der Waals surface area contributed by atoms with Crippen molar-refractivity contribution in [2.45, 2.75) is 18.6 Å². The monoisotopic (exact) mass is 388 g/mol. The molecule has 2 heterocycles. The van der Waals surface area contributed by atoms with Gasteiger partial charge in [0.2, 0.25) is 0 Å². The van der Waals surface area contributed by atoms with E-state index < -0.39 is 11.6 Å². The summed E-state index contributed by atoms with van der Waals surface area (Å²) < 4.78 is 20.9. The number of nitrogens with zero attached hydrogens (tertiary/aromatic N) is 1. The van der Waals surface area contributed by atoms with E-state index in [9.17, 15) is 9.18 Å². The third-order valence-corrected chi connectivity index (χ3v) is 5.54. The van der Waals surface area contributed by atoms with Gasteiger partial charge in [-0.3, -0.25) is 5.32 Å². The maximum Gasteiger partial charge on any atom is 0.410 e. The highest BCUT2D eigenvalue weighted by Gasteiger charge is 2.53. The highest BCUT2D eigenvalue weighted by molar-refractivity contribution is 9.10. The molecule has 2 N–H and O–H groups in total. The van der Waals surface area contributed by atoms with Crippen molar-refractivity contribution in [2.75, 3.05) is 12.4 Å². The molecule has 1 fully saturated rings. The molecule has 0 aliphatic carbocycles. The predicted molar refractivity (Wildman–Crippen MR) is 85.7 cm³/mol. The van der Waals surface area contributed by atoms with E-state index >= 15 is 0 Å².